The summed E-state index contributed by atoms with van der Waals surface area (Å²) in [5, 5.41) is 0. The smallest absolute Gasteiger partial charge is 0.157 e. The highest BCUT2D eigenvalue weighted by molar-refractivity contribution is 7.92. The summed E-state index contributed by atoms with van der Waals surface area (Å²) in [4.78, 5) is 0. The van der Waals surface area contributed by atoms with E-state index in [1.54, 1.807) is 0 Å². The molecule has 0 saturated heterocycles. The van der Waals surface area contributed by atoms with Crippen LogP contribution in [0.4, 0.5) is 0 Å². The highest BCUT2D eigenvalue weighted by Crippen LogP contribution is 2.16. The largest absolute Gasteiger partial charge is 0.228 e. The van der Waals surface area contributed by atoms with Crippen LogP contribution in [0.25, 0.3) is 0 Å². The molecule has 1 rings (SSSR count). The van der Waals surface area contributed by atoms with Crippen molar-refractivity contribution in [2.75, 3.05) is 11.5 Å². The van der Waals surface area contributed by atoms with E-state index in [4.69, 9.17) is 0 Å². The van der Waals surface area contributed by atoms with Crippen LogP contribution in [-0.2, 0) is 9.84 Å². The highest BCUT2D eigenvalue weighted by Gasteiger charge is 2.18. The molecule has 0 saturated carbocycles. The zero-order chi connectivity index (χ0) is 8.32. The number of unbranched alkanes of at least 4 members (excludes halogenated alkanes) is 1. The maximum Gasteiger partial charge on any atom is 0.157 e. The molecule has 1 aliphatic heterocycles. The molecule has 0 aromatic rings. The van der Waals surface area contributed by atoms with Crippen molar-refractivity contribution in [2.45, 2.75) is 26.2 Å². The van der Waals surface area contributed by atoms with Crippen LogP contribution in [0.1, 0.15) is 26.2 Å². The quantitative estimate of drug-likeness (QED) is 0.608. The van der Waals surface area contributed by atoms with Crippen LogP contribution >= 0.6 is 0 Å². The first kappa shape index (κ1) is 8.78. The van der Waals surface area contributed by atoms with Gasteiger partial charge in [-0.15, -0.1) is 0 Å². The number of hydrogen-bond donors (Lipinski definition) is 0. The third-order valence-electron chi connectivity index (χ3n) is 1.88. The number of rotatable bonds is 3. The second-order valence-electron chi connectivity index (χ2n) is 3.02. The van der Waals surface area contributed by atoms with E-state index in [9.17, 15) is 8.42 Å². The lowest BCUT2D eigenvalue weighted by molar-refractivity contribution is 0.602. The lowest BCUT2D eigenvalue weighted by Crippen LogP contribution is -2.02. The van der Waals surface area contributed by atoms with Gasteiger partial charge in [0.2, 0.25) is 0 Å². The number of sulfone groups is 1. The van der Waals surface area contributed by atoms with Gasteiger partial charge in [0.15, 0.2) is 9.84 Å². The van der Waals surface area contributed by atoms with Crippen LogP contribution in [0, 0.1) is 0 Å². The Morgan fingerprint density at radius 1 is 1.55 bits per heavy atom. The average molecular weight is 174 g/mol. The molecule has 0 unspecified atom stereocenters. The zero-order valence-electron chi connectivity index (χ0n) is 6.84. The Morgan fingerprint density at radius 3 is 2.73 bits per heavy atom. The second-order valence-corrected chi connectivity index (χ2v) is 5.13. The Hall–Kier alpha value is -0.310. The van der Waals surface area contributed by atoms with Crippen molar-refractivity contribution in [1.82, 2.24) is 0 Å². The summed E-state index contributed by atoms with van der Waals surface area (Å²) >= 11 is 0. The van der Waals surface area contributed by atoms with Crippen LogP contribution < -0.4 is 0 Å². The molecule has 0 aromatic carbocycles. The van der Waals surface area contributed by atoms with E-state index in [1.807, 2.05) is 6.08 Å². The maximum absolute atomic E-state index is 11.0. The fourth-order valence-electron chi connectivity index (χ4n) is 1.22. The van der Waals surface area contributed by atoms with E-state index in [-0.39, 0.29) is 5.75 Å². The van der Waals surface area contributed by atoms with Gasteiger partial charge in [-0.2, -0.15) is 0 Å². The molecule has 64 valence electrons. The van der Waals surface area contributed by atoms with Crippen molar-refractivity contribution in [3.8, 4) is 0 Å². The fraction of sp³-hybridized carbons (Fsp3) is 0.750. The third kappa shape index (κ3) is 2.66. The molecular weight excluding hydrogens is 160 g/mol. The van der Waals surface area contributed by atoms with Gasteiger partial charge in [0.25, 0.3) is 0 Å². The molecule has 1 heterocycles. The lowest BCUT2D eigenvalue weighted by atomic mass is 10.1. The first-order valence-electron chi connectivity index (χ1n) is 4.02. The van der Waals surface area contributed by atoms with Crippen molar-refractivity contribution in [3.63, 3.8) is 0 Å². The summed E-state index contributed by atoms with van der Waals surface area (Å²) in [6, 6.07) is 0. The van der Waals surface area contributed by atoms with Gasteiger partial charge in [-0.05, 0) is 12.8 Å². The zero-order valence-corrected chi connectivity index (χ0v) is 7.65. The van der Waals surface area contributed by atoms with Gasteiger partial charge in [-0.3, -0.25) is 0 Å². The van der Waals surface area contributed by atoms with E-state index < -0.39 is 9.84 Å². The Morgan fingerprint density at radius 2 is 2.27 bits per heavy atom. The summed E-state index contributed by atoms with van der Waals surface area (Å²) in [7, 11) is -2.72. The molecule has 0 N–H and O–H groups in total. The SMILES string of the molecule is CCCCC1=CCS(=O)(=O)C1. The summed E-state index contributed by atoms with van der Waals surface area (Å²) in [6.45, 7) is 2.12. The molecular formula is C8H14O2S. The Kier molecular flexibility index (Phi) is 2.71. The van der Waals surface area contributed by atoms with E-state index in [2.05, 4.69) is 6.92 Å². The summed E-state index contributed by atoms with van der Waals surface area (Å²) in [6.07, 6.45) is 5.08. The normalized spacial score (nSPS) is 21.7. The van der Waals surface area contributed by atoms with Gasteiger partial charge in [0, 0.05) is 0 Å². The van der Waals surface area contributed by atoms with E-state index in [1.165, 1.54) is 0 Å². The Bertz CT molecular complexity index is 249. The minimum atomic E-state index is -2.72. The Balaban J connectivity index is 2.41. The lowest BCUT2D eigenvalue weighted by Gasteiger charge is -1.97. The van der Waals surface area contributed by atoms with E-state index >= 15 is 0 Å². The molecule has 1 aliphatic rings. The monoisotopic (exact) mass is 174 g/mol. The third-order valence-corrected chi connectivity index (χ3v) is 3.37. The summed E-state index contributed by atoms with van der Waals surface area (Å²) < 4.78 is 21.9. The predicted octanol–water partition coefficient (Wildman–Crippen LogP) is 1.53. The topological polar surface area (TPSA) is 34.1 Å². The maximum atomic E-state index is 11.0. The summed E-state index contributed by atoms with van der Waals surface area (Å²) in [5.74, 6) is 0.582. The molecule has 0 spiro atoms. The minimum absolute atomic E-state index is 0.270. The molecule has 0 fully saturated rings. The van der Waals surface area contributed by atoms with Gasteiger partial charge in [0.05, 0.1) is 11.5 Å². The fourth-order valence-corrected chi connectivity index (χ4v) is 2.66. The first-order valence-corrected chi connectivity index (χ1v) is 5.84. The van der Waals surface area contributed by atoms with Crippen LogP contribution in [-0.4, -0.2) is 19.9 Å². The van der Waals surface area contributed by atoms with Gasteiger partial charge < -0.3 is 0 Å². The van der Waals surface area contributed by atoms with E-state index in [0.29, 0.717) is 5.75 Å². The van der Waals surface area contributed by atoms with Crippen molar-refractivity contribution in [2.24, 2.45) is 0 Å². The average Bonchev–Trinajstić information content (AvgIpc) is 2.26. The van der Waals surface area contributed by atoms with Crippen LogP contribution in [0.15, 0.2) is 11.6 Å². The standard InChI is InChI=1S/C8H14O2S/c1-2-3-4-8-5-6-11(9,10)7-8/h5H,2-4,6-7H2,1H3. The Labute approximate surface area is 68.2 Å². The molecule has 3 heteroatoms. The molecule has 0 aliphatic carbocycles. The molecule has 0 bridgehead atoms. The highest BCUT2D eigenvalue weighted by atomic mass is 32.2. The van der Waals surface area contributed by atoms with Gasteiger partial charge in [-0.25, -0.2) is 8.42 Å². The summed E-state index contributed by atoms with van der Waals surface area (Å²) in [5.41, 5.74) is 1.12. The van der Waals surface area contributed by atoms with Gasteiger partial charge in [0.1, 0.15) is 0 Å². The predicted molar refractivity (Wildman–Crippen MR) is 46.3 cm³/mol. The van der Waals surface area contributed by atoms with Crippen molar-refractivity contribution in [1.29, 1.82) is 0 Å². The van der Waals surface area contributed by atoms with Gasteiger partial charge in [-0.1, -0.05) is 25.0 Å². The molecule has 11 heavy (non-hydrogen) atoms. The van der Waals surface area contributed by atoms with Crippen molar-refractivity contribution < 1.29 is 8.42 Å². The molecule has 0 amide bonds. The van der Waals surface area contributed by atoms with E-state index in [0.717, 1.165) is 24.8 Å². The van der Waals surface area contributed by atoms with Crippen LogP contribution in [0.5, 0.6) is 0 Å². The van der Waals surface area contributed by atoms with Crippen LogP contribution in [0.2, 0.25) is 0 Å². The molecule has 0 atom stereocenters. The van der Waals surface area contributed by atoms with Crippen molar-refractivity contribution in [3.05, 3.63) is 11.6 Å². The molecule has 2 nitrogen and oxygen atoms in total. The first-order chi connectivity index (χ1) is 5.14. The van der Waals surface area contributed by atoms with Crippen LogP contribution in [0.3, 0.4) is 0 Å². The number of hydrogen-bond acceptors (Lipinski definition) is 2. The van der Waals surface area contributed by atoms with Gasteiger partial charge >= 0.3 is 0 Å². The minimum Gasteiger partial charge on any atom is -0.228 e. The molecule has 0 radical (unpaired) electrons. The molecule has 0 aromatic heterocycles. The second kappa shape index (κ2) is 3.39. The van der Waals surface area contributed by atoms with Crippen molar-refractivity contribution >= 4 is 9.84 Å².